The fourth-order valence-corrected chi connectivity index (χ4v) is 4.61. The van der Waals surface area contributed by atoms with Gasteiger partial charge < -0.3 is 19.8 Å². The van der Waals surface area contributed by atoms with Crippen LogP contribution in [0.2, 0.25) is 0 Å². The van der Waals surface area contributed by atoms with Crippen molar-refractivity contribution in [3.63, 3.8) is 0 Å². The molecule has 0 saturated carbocycles. The second kappa shape index (κ2) is 10.8. The van der Waals surface area contributed by atoms with Gasteiger partial charge in [-0.05, 0) is 60.0 Å². The first-order chi connectivity index (χ1) is 17.7. The van der Waals surface area contributed by atoms with Crippen molar-refractivity contribution in [2.24, 2.45) is 0 Å². The van der Waals surface area contributed by atoms with Crippen LogP contribution in [-0.4, -0.2) is 44.8 Å². The summed E-state index contributed by atoms with van der Waals surface area (Å²) in [6.45, 7) is 1.89. The molecule has 0 saturated heterocycles. The second-order valence-electron chi connectivity index (χ2n) is 8.46. The summed E-state index contributed by atoms with van der Waals surface area (Å²) in [5.74, 6) is 0.943. The van der Waals surface area contributed by atoms with Crippen LogP contribution in [0.4, 0.5) is 5.69 Å². The van der Waals surface area contributed by atoms with Crippen LogP contribution in [0.3, 0.4) is 0 Å². The molecule has 0 aliphatic heterocycles. The van der Waals surface area contributed by atoms with E-state index in [1.165, 1.54) is 6.08 Å². The number of carbonyl (C=O) groups excluding carboxylic acids is 1. The Morgan fingerprint density at radius 2 is 1.86 bits per heavy atom. The molecule has 0 radical (unpaired) electrons. The van der Waals surface area contributed by atoms with Crippen LogP contribution in [0.1, 0.15) is 24.1 Å². The predicted molar refractivity (Wildman–Crippen MR) is 145 cm³/mol. The summed E-state index contributed by atoms with van der Waals surface area (Å²) >= 11 is 0. The van der Waals surface area contributed by atoms with Gasteiger partial charge in [-0.1, -0.05) is 18.2 Å². The summed E-state index contributed by atoms with van der Waals surface area (Å²) in [7, 11) is -0.272. The Hall–Kier alpha value is -4.31. The Labute approximate surface area is 215 Å². The largest absolute Gasteiger partial charge is 0.493 e. The van der Waals surface area contributed by atoms with Crippen LogP contribution in [0.15, 0.2) is 67.0 Å². The monoisotopic (exact) mass is 520 g/mol. The molecule has 192 valence electrons. The highest BCUT2D eigenvalue weighted by Crippen LogP contribution is 2.32. The molecule has 37 heavy (non-hydrogen) atoms. The number of hydrogen-bond acceptors (Lipinski definition) is 6. The Kier molecular flexibility index (Phi) is 7.49. The molecule has 1 amide bonds. The summed E-state index contributed by atoms with van der Waals surface area (Å²) in [6.07, 6.45) is 7.76. The van der Waals surface area contributed by atoms with Crippen LogP contribution < -0.4 is 19.5 Å². The van der Waals surface area contributed by atoms with E-state index in [1.807, 2.05) is 31.2 Å². The zero-order chi connectivity index (χ0) is 26.6. The van der Waals surface area contributed by atoms with E-state index >= 15 is 0 Å². The molecule has 0 aliphatic carbocycles. The van der Waals surface area contributed by atoms with Crippen molar-refractivity contribution in [1.82, 2.24) is 15.3 Å². The molecule has 1 atom stereocenters. The highest BCUT2D eigenvalue weighted by molar-refractivity contribution is 7.92. The van der Waals surface area contributed by atoms with Gasteiger partial charge in [0.2, 0.25) is 15.9 Å². The number of aromatic nitrogens is 2. The molecule has 4 aromatic rings. The molecule has 3 N–H and O–H groups in total. The molecule has 10 heteroatoms. The van der Waals surface area contributed by atoms with Crippen LogP contribution in [0.5, 0.6) is 11.5 Å². The Morgan fingerprint density at radius 3 is 2.59 bits per heavy atom. The van der Waals surface area contributed by atoms with Crippen LogP contribution >= 0.6 is 0 Å². The smallest absolute Gasteiger partial charge is 0.244 e. The Bertz CT molecular complexity index is 1580. The van der Waals surface area contributed by atoms with Gasteiger partial charge in [-0.25, -0.2) is 13.4 Å². The third kappa shape index (κ3) is 6.10. The quantitative estimate of drug-likeness (QED) is 0.279. The molecule has 2 aromatic heterocycles. The van der Waals surface area contributed by atoms with Crippen LogP contribution in [0.25, 0.3) is 28.2 Å². The number of fused-ring (bicyclic) bond motifs is 1. The van der Waals surface area contributed by atoms with Crippen molar-refractivity contribution in [3.05, 3.63) is 78.1 Å². The molecule has 0 fully saturated rings. The minimum atomic E-state index is -3.41. The van der Waals surface area contributed by atoms with Crippen LogP contribution in [0, 0.1) is 0 Å². The van der Waals surface area contributed by atoms with Gasteiger partial charge in [0.1, 0.15) is 5.65 Å². The van der Waals surface area contributed by atoms with E-state index in [1.54, 1.807) is 57.0 Å². The number of hydrogen-bond donors (Lipinski definition) is 3. The molecule has 0 unspecified atom stereocenters. The summed E-state index contributed by atoms with van der Waals surface area (Å²) < 4.78 is 36.5. The SMILES string of the molecule is COc1ccc([C@@H](C)NC(=O)/C=C/c2c[nH]c3nccc(-c4cccc(NS(C)(=O)=O)c4)c23)cc1OC. The Morgan fingerprint density at radius 1 is 1.08 bits per heavy atom. The highest BCUT2D eigenvalue weighted by Gasteiger charge is 2.14. The number of nitrogens with one attached hydrogen (secondary N) is 3. The summed E-state index contributed by atoms with van der Waals surface area (Å²) in [4.78, 5) is 20.2. The van der Waals surface area contributed by atoms with E-state index in [4.69, 9.17) is 9.47 Å². The first-order valence-electron chi connectivity index (χ1n) is 11.4. The molecule has 2 heterocycles. The first kappa shape index (κ1) is 25.8. The number of aromatic amines is 1. The average molecular weight is 521 g/mol. The summed E-state index contributed by atoms with van der Waals surface area (Å²) in [6, 6.07) is 14.2. The number of nitrogens with zero attached hydrogens (tertiary/aromatic N) is 1. The minimum absolute atomic E-state index is 0.262. The molecular formula is C27H28N4O5S. The highest BCUT2D eigenvalue weighted by atomic mass is 32.2. The number of methoxy groups -OCH3 is 2. The zero-order valence-corrected chi connectivity index (χ0v) is 21.7. The molecule has 2 aromatic carbocycles. The maximum Gasteiger partial charge on any atom is 0.244 e. The molecule has 0 bridgehead atoms. The molecule has 0 aliphatic rings. The van der Waals surface area contributed by atoms with Gasteiger partial charge in [-0.3, -0.25) is 9.52 Å². The number of benzene rings is 2. The molecule has 9 nitrogen and oxygen atoms in total. The number of anilines is 1. The summed E-state index contributed by atoms with van der Waals surface area (Å²) in [5, 5.41) is 3.77. The van der Waals surface area contributed by atoms with Gasteiger partial charge in [0, 0.05) is 35.1 Å². The number of H-pyrrole nitrogens is 1. The fourth-order valence-electron chi connectivity index (χ4n) is 4.05. The zero-order valence-electron chi connectivity index (χ0n) is 20.9. The third-order valence-corrected chi connectivity index (χ3v) is 6.37. The number of ether oxygens (including phenoxy) is 2. The van der Waals surface area contributed by atoms with Crippen molar-refractivity contribution in [2.45, 2.75) is 13.0 Å². The van der Waals surface area contributed by atoms with E-state index in [-0.39, 0.29) is 11.9 Å². The fraction of sp³-hybridized carbons (Fsp3) is 0.185. The number of rotatable bonds is 9. The van der Waals surface area contributed by atoms with Gasteiger partial charge >= 0.3 is 0 Å². The first-order valence-corrected chi connectivity index (χ1v) is 13.3. The maximum atomic E-state index is 12.7. The van der Waals surface area contributed by atoms with E-state index in [2.05, 4.69) is 20.0 Å². The minimum Gasteiger partial charge on any atom is -0.493 e. The van der Waals surface area contributed by atoms with Gasteiger partial charge in [0.05, 0.1) is 26.5 Å². The van der Waals surface area contributed by atoms with Gasteiger partial charge in [-0.2, -0.15) is 0 Å². The van der Waals surface area contributed by atoms with Gasteiger partial charge in [0.15, 0.2) is 11.5 Å². The lowest BCUT2D eigenvalue weighted by Gasteiger charge is -2.15. The van der Waals surface area contributed by atoms with Crippen molar-refractivity contribution >= 4 is 38.7 Å². The molecule has 4 rings (SSSR count). The van der Waals surface area contributed by atoms with E-state index in [9.17, 15) is 13.2 Å². The number of pyridine rings is 1. The summed E-state index contributed by atoms with van der Waals surface area (Å²) in [5.41, 5.74) is 4.41. The number of carbonyl (C=O) groups is 1. The number of sulfonamides is 1. The lowest BCUT2D eigenvalue weighted by molar-refractivity contribution is -0.117. The lowest BCUT2D eigenvalue weighted by atomic mass is 10.0. The lowest BCUT2D eigenvalue weighted by Crippen LogP contribution is -2.24. The van der Waals surface area contributed by atoms with E-state index in [0.29, 0.717) is 22.8 Å². The molecule has 0 spiro atoms. The van der Waals surface area contributed by atoms with Crippen molar-refractivity contribution in [2.75, 3.05) is 25.2 Å². The van der Waals surface area contributed by atoms with Gasteiger partial charge in [0.25, 0.3) is 0 Å². The van der Waals surface area contributed by atoms with Crippen molar-refractivity contribution in [1.29, 1.82) is 0 Å². The van der Waals surface area contributed by atoms with E-state index in [0.717, 1.165) is 33.9 Å². The second-order valence-corrected chi connectivity index (χ2v) is 10.2. The Balaban J connectivity index is 1.58. The van der Waals surface area contributed by atoms with Crippen molar-refractivity contribution in [3.8, 4) is 22.6 Å². The van der Waals surface area contributed by atoms with Crippen LogP contribution in [-0.2, 0) is 14.8 Å². The average Bonchev–Trinajstić information content (AvgIpc) is 3.29. The third-order valence-electron chi connectivity index (χ3n) is 5.76. The van der Waals surface area contributed by atoms with Crippen molar-refractivity contribution < 1.29 is 22.7 Å². The van der Waals surface area contributed by atoms with E-state index < -0.39 is 10.0 Å². The predicted octanol–water partition coefficient (Wildman–Crippen LogP) is 4.51. The normalized spacial score (nSPS) is 12.4. The molecular weight excluding hydrogens is 492 g/mol. The topological polar surface area (TPSA) is 122 Å². The maximum absolute atomic E-state index is 12.7. The standard InChI is InChI=1S/C27H28N4O5S/c1-17(18-8-10-23(35-2)24(15-18)36-3)30-25(32)11-9-20-16-29-27-26(20)22(12-13-28-27)19-6-5-7-21(14-19)31-37(4,33)34/h5-17,31H,1-4H3,(H,28,29)(H,30,32)/b11-9+/t17-/m1/s1. The number of amides is 1. The van der Waals surface area contributed by atoms with Gasteiger partial charge in [-0.15, -0.1) is 0 Å².